The van der Waals surface area contributed by atoms with E-state index < -0.39 is 91.5 Å². The van der Waals surface area contributed by atoms with Gasteiger partial charge < -0.3 is 34.2 Å². The van der Waals surface area contributed by atoms with Crippen LogP contribution in [0.5, 0.6) is 0 Å². The van der Waals surface area contributed by atoms with E-state index in [0.29, 0.717) is 19.3 Å². The smallest absolute Gasteiger partial charge is 0.463 e. The lowest BCUT2D eigenvalue weighted by Crippen LogP contribution is -2.30. The van der Waals surface area contributed by atoms with Gasteiger partial charge in [0.15, 0.2) is 6.10 Å². The monoisotopic (exact) mass is 1520 g/mol. The number of ether oxygens (including phenoxy) is 3. The zero-order chi connectivity index (χ0) is 76.6. The Morgan fingerprint density at radius 3 is 0.800 bits per heavy atom. The summed E-state index contributed by atoms with van der Waals surface area (Å²) in [6, 6.07) is 0. The van der Waals surface area contributed by atoms with Gasteiger partial charge in [-0.3, -0.25) is 32.5 Å². The summed E-state index contributed by atoms with van der Waals surface area (Å²) >= 11 is 0. The molecule has 0 saturated heterocycles. The van der Waals surface area contributed by atoms with Gasteiger partial charge in [0.25, 0.3) is 0 Å². The lowest BCUT2D eigenvalue weighted by molar-refractivity contribution is -0.161. The molecule has 606 valence electrons. The minimum absolute atomic E-state index is 0.0807. The molecular weight excluding hydrogens is 1360 g/mol. The minimum atomic E-state index is -4.94. The maximum absolute atomic E-state index is 13.0. The molecule has 0 fully saturated rings. The second-order valence-corrected chi connectivity index (χ2v) is 30.8. The first-order valence-corrected chi connectivity index (χ1v) is 44.8. The normalized spacial score (nSPS) is 14.5. The first-order chi connectivity index (χ1) is 51.2. The van der Waals surface area contributed by atoms with Gasteiger partial charge in [0.05, 0.1) is 26.4 Å². The second-order valence-electron chi connectivity index (χ2n) is 27.9. The van der Waals surface area contributed by atoms with Gasteiger partial charge in [0.2, 0.25) is 0 Å². The SMILES string of the molecule is CC/C=C\C/C=C\C/C=C\CCCCCCCC(=O)OC(COC(=O)CCCCCCCC/C=C\C/C=C\C/C=C\CCCCC)COP(=O)(O)OCC(O)COP(=O)(O)OCC(O)COC(=O)CCCCCCCCCCCCCCCCCCCCC/C=C\C/C=C\C/C=C\C/C=C\CCCCC. The van der Waals surface area contributed by atoms with Crippen molar-refractivity contribution in [3.63, 3.8) is 0 Å². The molecule has 0 bridgehead atoms. The first kappa shape index (κ1) is 101. The zero-order valence-electron chi connectivity index (χ0n) is 66.4. The largest absolute Gasteiger partial charge is 0.472 e. The van der Waals surface area contributed by atoms with E-state index in [1.54, 1.807) is 0 Å². The van der Waals surface area contributed by atoms with E-state index in [4.69, 9.17) is 32.3 Å². The molecule has 0 aromatic heterocycles. The molecule has 0 spiro atoms. The second kappa shape index (κ2) is 79.5. The molecule has 0 aliphatic heterocycles. The molecule has 16 nitrogen and oxygen atoms in total. The molecule has 0 heterocycles. The van der Waals surface area contributed by atoms with Crippen molar-refractivity contribution in [2.75, 3.05) is 39.6 Å². The summed E-state index contributed by atoms with van der Waals surface area (Å²) in [7, 11) is -9.80. The summed E-state index contributed by atoms with van der Waals surface area (Å²) in [5.74, 6) is -1.60. The highest BCUT2D eigenvalue weighted by molar-refractivity contribution is 7.47. The summed E-state index contributed by atoms with van der Waals surface area (Å²) in [6.45, 7) is 2.51. The molecule has 18 heteroatoms. The number of allylic oxidation sites excluding steroid dienone is 20. The van der Waals surface area contributed by atoms with E-state index in [1.807, 2.05) is 0 Å². The molecule has 0 aromatic rings. The molecule has 0 radical (unpaired) electrons. The highest BCUT2D eigenvalue weighted by Crippen LogP contribution is 2.45. The van der Waals surface area contributed by atoms with Crippen LogP contribution < -0.4 is 0 Å². The van der Waals surface area contributed by atoms with Crippen LogP contribution in [0.1, 0.15) is 355 Å². The van der Waals surface area contributed by atoms with E-state index in [0.717, 1.165) is 148 Å². The number of carbonyl (C=O) groups is 3. The molecule has 0 rings (SSSR count). The van der Waals surface area contributed by atoms with E-state index in [9.17, 15) is 43.5 Å². The highest BCUT2D eigenvalue weighted by atomic mass is 31.2. The van der Waals surface area contributed by atoms with Gasteiger partial charge in [-0.05, 0) is 135 Å². The summed E-state index contributed by atoms with van der Waals surface area (Å²) < 4.78 is 61.2. The molecule has 0 saturated carbocycles. The predicted molar refractivity (Wildman–Crippen MR) is 436 cm³/mol. The third-order valence-corrected chi connectivity index (χ3v) is 19.5. The molecule has 105 heavy (non-hydrogen) atoms. The number of phosphoric ester groups is 2. The number of esters is 3. The fourth-order valence-electron chi connectivity index (χ4n) is 11.3. The Morgan fingerprint density at radius 1 is 0.276 bits per heavy atom. The number of hydrogen-bond donors (Lipinski definition) is 4. The van der Waals surface area contributed by atoms with Gasteiger partial charge in [0, 0.05) is 19.3 Å². The van der Waals surface area contributed by atoms with E-state index >= 15 is 0 Å². The molecule has 5 atom stereocenters. The average Bonchev–Trinajstić information content (AvgIpc) is 0.934. The lowest BCUT2D eigenvalue weighted by Gasteiger charge is -2.21. The quantitative estimate of drug-likeness (QED) is 0.0146. The van der Waals surface area contributed by atoms with Gasteiger partial charge >= 0.3 is 33.6 Å². The van der Waals surface area contributed by atoms with Gasteiger partial charge in [-0.25, -0.2) is 9.13 Å². The highest BCUT2D eigenvalue weighted by Gasteiger charge is 2.29. The van der Waals surface area contributed by atoms with Crippen LogP contribution in [0.2, 0.25) is 0 Å². The summed E-state index contributed by atoms with van der Waals surface area (Å²) in [5, 5.41) is 20.7. The number of rotatable bonds is 79. The summed E-state index contributed by atoms with van der Waals surface area (Å²) in [5.41, 5.74) is 0. The van der Waals surface area contributed by atoms with Crippen molar-refractivity contribution in [1.82, 2.24) is 0 Å². The van der Waals surface area contributed by atoms with Crippen molar-refractivity contribution in [2.45, 2.75) is 373 Å². The Labute approximate surface area is 640 Å². The Morgan fingerprint density at radius 2 is 0.505 bits per heavy atom. The Bertz CT molecular complexity index is 2390. The van der Waals surface area contributed by atoms with Gasteiger partial charge in [0.1, 0.15) is 25.4 Å². The van der Waals surface area contributed by atoms with Gasteiger partial charge in [-0.1, -0.05) is 322 Å². The third kappa shape index (κ3) is 80.8. The fourth-order valence-corrected chi connectivity index (χ4v) is 12.9. The number of unbranched alkanes of at least 4 members (excludes halogenated alkanes) is 36. The Kier molecular flexibility index (Phi) is 76.4. The van der Waals surface area contributed by atoms with E-state index in [-0.39, 0.29) is 19.3 Å². The van der Waals surface area contributed by atoms with Crippen LogP contribution in [0.25, 0.3) is 0 Å². The van der Waals surface area contributed by atoms with Crippen LogP contribution >= 0.6 is 15.6 Å². The average molecular weight is 1520 g/mol. The number of carbonyl (C=O) groups excluding carboxylic acids is 3. The zero-order valence-corrected chi connectivity index (χ0v) is 68.2. The molecule has 5 unspecified atom stereocenters. The topological polar surface area (TPSA) is 231 Å². The van der Waals surface area contributed by atoms with Crippen LogP contribution in [0.4, 0.5) is 0 Å². The maximum atomic E-state index is 13.0. The molecular formula is C87H152O16P2. The number of hydrogen-bond acceptors (Lipinski definition) is 14. The molecule has 0 aliphatic rings. The summed E-state index contributed by atoms with van der Waals surface area (Å²) in [6.07, 6.45) is 95.5. The third-order valence-electron chi connectivity index (χ3n) is 17.6. The van der Waals surface area contributed by atoms with Gasteiger partial charge in [-0.15, -0.1) is 0 Å². The molecule has 0 aromatic carbocycles. The van der Waals surface area contributed by atoms with Crippen molar-refractivity contribution in [2.24, 2.45) is 0 Å². The van der Waals surface area contributed by atoms with Crippen LogP contribution in [0, 0.1) is 0 Å². The minimum Gasteiger partial charge on any atom is -0.463 e. The Hall–Kier alpha value is -4.05. The van der Waals surface area contributed by atoms with Crippen molar-refractivity contribution in [3.8, 4) is 0 Å². The van der Waals surface area contributed by atoms with Crippen LogP contribution in [0.15, 0.2) is 122 Å². The van der Waals surface area contributed by atoms with Crippen LogP contribution in [0.3, 0.4) is 0 Å². The molecule has 0 amide bonds. The fraction of sp³-hybridized carbons (Fsp3) is 0.736. The van der Waals surface area contributed by atoms with Gasteiger partial charge in [-0.2, -0.15) is 0 Å². The van der Waals surface area contributed by atoms with Crippen molar-refractivity contribution in [1.29, 1.82) is 0 Å². The molecule has 4 N–H and O–H groups in total. The Balaban J connectivity index is 4.40. The van der Waals surface area contributed by atoms with E-state index in [1.165, 1.54) is 148 Å². The first-order valence-electron chi connectivity index (χ1n) is 41.8. The van der Waals surface area contributed by atoms with Crippen LogP contribution in [-0.4, -0.2) is 95.9 Å². The number of aliphatic hydroxyl groups excluding tert-OH is 2. The van der Waals surface area contributed by atoms with Crippen molar-refractivity contribution < 1.29 is 75.8 Å². The van der Waals surface area contributed by atoms with E-state index in [2.05, 4.69) is 142 Å². The number of aliphatic hydroxyl groups is 2. The number of phosphoric acid groups is 2. The van der Waals surface area contributed by atoms with Crippen molar-refractivity contribution in [3.05, 3.63) is 122 Å². The summed E-state index contributed by atoms with van der Waals surface area (Å²) in [4.78, 5) is 58.7. The van der Waals surface area contributed by atoms with Crippen molar-refractivity contribution >= 4 is 33.6 Å². The maximum Gasteiger partial charge on any atom is 0.472 e. The van der Waals surface area contributed by atoms with Crippen LogP contribution in [-0.2, 0) is 55.8 Å². The predicted octanol–water partition coefficient (Wildman–Crippen LogP) is 24.9. The standard InChI is InChI=1S/C87H152O16P2/c1-4-7-10-13-16-19-22-25-28-30-32-33-34-35-36-37-38-39-40-41-42-43-44-45-46-47-49-51-53-55-58-61-64-67-70-73-85(90)97-76-82(88)77-99-104(93,94)100-78-83(89)79-101-105(95,96)102-81-84(103-87(92)75-72-69-66-63-60-57-52-27-24-21-18-15-12-9-6-3)80-98-86(91)74-71-68-65-62-59-56-54-50-48-31-29-26-23-20-17-14-11-8-5-2/h9,12,16-21,25-29,32-33,35-36,48,50,52,82-84,88-89H,4-8,10-11,13-15,22-24,30-31,34,37-47,49,51,53-81H2,1-3H3,(H,93,94)(H,95,96)/b12-9-,19-16-,20-17-,21-18-,28-25-,29-26-,33-32-,36-35-,50-48-,52-27-. The lowest BCUT2D eigenvalue weighted by atomic mass is 10.0. The molecule has 0 aliphatic carbocycles.